The smallest absolute Gasteiger partial charge is 0.209 e. The van der Waals surface area contributed by atoms with Crippen molar-refractivity contribution in [2.24, 2.45) is 0 Å². The summed E-state index contributed by atoms with van der Waals surface area (Å²) in [5.74, 6) is 0.922. The van der Waals surface area contributed by atoms with Gasteiger partial charge in [-0.1, -0.05) is 18.7 Å². The molecule has 0 aliphatic rings. The third-order valence-corrected chi connectivity index (χ3v) is 3.96. The molecule has 0 amide bonds. The van der Waals surface area contributed by atoms with E-state index in [1.165, 1.54) is 5.56 Å². The molecule has 0 unspecified atom stereocenters. The SMILES string of the molecule is CCNCCn1nnnc1SCc1ccsc1. The zero-order chi connectivity index (χ0) is 11.9. The molecule has 2 aromatic rings. The van der Waals surface area contributed by atoms with Crippen molar-refractivity contribution in [3.63, 3.8) is 0 Å². The van der Waals surface area contributed by atoms with Crippen LogP contribution in [0.3, 0.4) is 0 Å². The fourth-order valence-electron chi connectivity index (χ4n) is 1.32. The van der Waals surface area contributed by atoms with Gasteiger partial charge in [0.15, 0.2) is 0 Å². The molecule has 0 aromatic carbocycles. The lowest BCUT2D eigenvalue weighted by atomic mass is 10.4. The molecule has 0 aliphatic heterocycles. The molecule has 0 atom stereocenters. The Hall–Kier alpha value is -0.920. The summed E-state index contributed by atoms with van der Waals surface area (Å²) in [4.78, 5) is 0. The van der Waals surface area contributed by atoms with E-state index in [2.05, 4.69) is 44.6 Å². The van der Waals surface area contributed by atoms with E-state index in [-0.39, 0.29) is 0 Å². The average molecular weight is 269 g/mol. The number of tetrazole rings is 1. The summed E-state index contributed by atoms with van der Waals surface area (Å²) >= 11 is 3.39. The van der Waals surface area contributed by atoms with Crippen LogP contribution in [0.1, 0.15) is 12.5 Å². The zero-order valence-electron chi connectivity index (χ0n) is 9.67. The predicted molar refractivity (Wildman–Crippen MR) is 70.2 cm³/mol. The van der Waals surface area contributed by atoms with E-state index in [9.17, 15) is 0 Å². The number of rotatable bonds is 7. The molecule has 7 heteroatoms. The van der Waals surface area contributed by atoms with Gasteiger partial charge in [-0.05, 0) is 39.4 Å². The second-order valence-corrected chi connectivity index (χ2v) is 5.18. The molecule has 0 bridgehead atoms. The van der Waals surface area contributed by atoms with E-state index in [0.717, 1.165) is 30.5 Å². The quantitative estimate of drug-likeness (QED) is 0.611. The maximum atomic E-state index is 4.03. The summed E-state index contributed by atoms with van der Waals surface area (Å²) in [6.07, 6.45) is 0. The Morgan fingerprint density at radius 1 is 1.53 bits per heavy atom. The highest BCUT2D eigenvalue weighted by Gasteiger charge is 2.06. The van der Waals surface area contributed by atoms with E-state index in [0.29, 0.717) is 0 Å². The minimum Gasteiger partial charge on any atom is -0.315 e. The highest BCUT2D eigenvalue weighted by molar-refractivity contribution is 7.98. The topological polar surface area (TPSA) is 55.6 Å². The number of nitrogens with one attached hydrogen (secondary N) is 1. The van der Waals surface area contributed by atoms with Gasteiger partial charge in [-0.15, -0.1) is 5.10 Å². The van der Waals surface area contributed by atoms with Crippen LogP contribution in [0.2, 0.25) is 0 Å². The molecule has 17 heavy (non-hydrogen) atoms. The maximum absolute atomic E-state index is 4.03. The Morgan fingerprint density at radius 2 is 2.47 bits per heavy atom. The van der Waals surface area contributed by atoms with Crippen molar-refractivity contribution in [3.05, 3.63) is 22.4 Å². The summed E-state index contributed by atoms with van der Waals surface area (Å²) in [5.41, 5.74) is 1.32. The normalized spacial score (nSPS) is 10.9. The van der Waals surface area contributed by atoms with Crippen LogP contribution < -0.4 is 5.32 Å². The molecule has 0 radical (unpaired) electrons. The highest BCUT2D eigenvalue weighted by atomic mass is 32.2. The Kier molecular flexibility index (Phi) is 4.96. The molecule has 2 heterocycles. The lowest BCUT2D eigenvalue weighted by Crippen LogP contribution is -2.20. The summed E-state index contributed by atoms with van der Waals surface area (Å²) in [6, 6.07) is 2.13. The average Bonchev–Trinajstić information content (AvgIpc) is 2.97. The Bertz CT molecular complexity index is 426. The fraction of sp³-hybridized carbons (Fsp3) is 0.500. The molecule has 2 rings (SSSR count). The number of hydrogen-bond donors (Lipinski definition) is 1. The molecule has 0 spiro atoms. The standard InChI is InChI=1S/C10H15N5S2/c1-2-11-4-5-15-10(12-13-14-15)17-8-9-3-6-16-7-9/h3,6-7,11H,2,4-5,8H2,1H3. The van der Waals surface area contributed by atoms with E-state index >= 15 is 0 Å². The molecule has 0 aliphatic carbocycles. The van der Waals surface area contributed by atoms with Crippen LogP contribution in [0.25, 0.3) is 0 Å². The fourth-order valence-corrected chi connectivity index (χ4v) is 2.95. The van der Waals surface area contributed by atoms with Crippen LogP contribution in [-0.2, 0) is 12.3 Å². The van der Waals surface area contributed by atoms with Crippen molar-refractivity contribution in [1.82, 2.24) is 25.5 Å². The Balaban J connectivity index is 1.85. The van der Waals surface area contributed by atoms with Gasteiger partial charge in [0.05, 0.1) is 6.54 Å². The lowest BCUT2D eigenvalue weighted by Gasteiger charge is -2.03. The largest absolute Gasteiger partial charge is 0.315 e. The van der Waals surface area contributed by atoms with Gasteiger partial charge in [-0.2, -0.15) is 11.3 Å². The van der Waals surface area contributed by atoms with Gasteiger partial charge in [0.25, 0.3) is 0 Å². The predicted octanol–water partition coefficient (Wildman–Crippen LogP) is 1.64. The number of hydrogen-bond acceptors (Lipinski definition) is 6. The van der Waals surface area contributed by atoms with Crippen LogP contribution in [-0.4, -0.2) is 33.3 Å². The van der Waals surface area contributed by atoms with E-state index in [4.69, 9.17) is 0 Å². The second-order valence-electron chi connectivity index (χ2n) is 3.46. The first-order valence-corrected chi connectivity index (χ1v) is 7.43. The molecule has 0 saturated heterocycles. The number of thiophene rings is 1. The minimum atomic E-state index is 0.812. The summed E-state index contributed by atoms with van der Waals surface area (Å²) in [6.45, 7) is 4.77. The van der Waals surface area contributed by atoms with Crippen molar-refractivity contribution in [3.8, 4) is 0 Å². The van der Waals surface area contributed by atoms with Gasteiger partial charge in [0, 0.05) is 12.3 Å². The van der Waals surface area contributed by atoms with Crippen LogP contribution in [0.15, 0.2) is 22.0 Å². The first-order chi connectivity index (χ1) is 8.40. The highest BCUT2D eigenvalue weighted by Crippen LogP contribution is 2.20. The molecule has 5 nitrogen and oxygen atoms in total. The van der Waals surface area contributed by atoms with Gasteiger partial charge >= 0.3 is 0 Å². The number of nitrogens with zero attached hydrogens (tertiary/aromatic N) is 4. The van der Waals surface area contributed by atoms with Gasteiger partial charge in [0.2, 0.25) is 5.16 Å². The molecular formula is C10H15N5S2. The van der Waals surface area contributed by atoms with Gasteiger partial charge in [-0.25, -0.2) is 4.68 Å². The molecular weight excluding hydrogens is 254 g/mol. The zero-order valence-corrected chi connectivity index (χ0v) is 11.3. The summed E-state index contributed by atoms with van der Waals surface area (Å²) in [7, 11) is 0. The van der Waals surface area contributed by atoms with Crippen molar-refractivity contribution >= 4 is 23.1 Å². The maximum Gasteiger partial charge on any atom is 0.209 e. The monoisotopic (exact) mass is 269 g/mol. The molecule has 1 N–H and O–H groups in total. The van der Waals surface area contributed by atoms with Crippen molar-refractivity contribution in [2.45, 2.75) is 24.4 Å². The van der Waals surface area contributed by atoms with Gasteiger partial charge < -0.3 is 5.32 Å². The van der Waals surface area contributed by atoms with Crippen LogP contribution in [0, 0.1) is 0 Å². The van der Waals surface area contributed by atoms with Crippen molar-refractivity contribution < 1.29 is 0 Å². The van der Waals surface area contributed by atoms with E-state index in [1.54, 1.807) is 23.1 Å². The lowest BCUT2D eigenvalue weighted by molar-refractivity contribution is 0.517. The number of likely N-dealkylation sites (N-methyl/N-ethyl adjacent to an activating group) is 1. The first kappa shape index (κ1) is 12.5. The third kappa shape index (κ3) is 3.79. The van der Waals surface area contributed by atoms with E-state index in [1.807, 2.05) is 4.68 Å². The third-order valence-electron chi connectivity index (χ3n) is 2.20. The minimum absolute atomic E-state index is 0.812. The Morgan fingerprint density at radius 3 is 3.24 bits per heavy atom. The van der Waals surface area contributed by atoms with Crippen LogP contribution >= 0.6 is 23.1 Å². The second kappa shape index (κ2) is 6.73. The summed E-state index contributed by atoms with van der Waals surface area (Å²) in [5, 5.41) is 20.1. The number of thioether (sulfide) groups is 1. The van der Waals surface area contributed by atoms with Crippen molar-refractivity contribution in [2.75, 3.05) is 13.1 Å². The number of aromatic nitrogens is 4. The molecule has 2 aromatic heterocycles. The van der Waals surface area contributed by atoms with Crippen LogP contribution in [0.5, 0.6) is 0 Å². The molecule has 0 saturated carbocycles. The van der Waals surface area contributed by atoms with Gasteiger partial charge in [0.1, 0.15) is 0 Å². The summed E-state index contributed by atoms with van der Waals surface area (Å²) < 4.78 is 1.85. The Labute approximate surface area is 109 Å². The molecule has 92 valence electrons. The molecule has 0 fully saturated rings. The van der Waals surface area contributed by atoms with Gasteiger partial charge in [-0.3, -0.25) is 0 Å². The van der Waals surface area contributed by atoms with E-state index < -0.39 is 0 Å². The first-order valence-electron chi connectivity index (χ1n) is 5.51. The van der Waals surface area contributed by atoms with Crippen molar-refractivity contribution in [1.29, 1.82) is 0 Å². The van der Waals surface area contributed by atoms with Crippen LogP contribution in [0.4, 0.5) is 0 Å².